The molecule has 4 rings (SSSR count). The largest absolute Gasteiger partial charge is 0.497 e. The molecule has 146 valence electrons. The first-order valence-corrected chi connectivity index (χ1v) is 9.50. The molecule has 7 nitrogen and oxygen atoms in total. The minimum atomic E-state index is -0.225. The molecule has 7 heteroatoms. The Hall–Kier alpha value is -2.96. The molecule has 0 fully saturated rings. The monoisotopic (exact) mass is 378 g/mol. The van der Waals surface area contributed by atoms with E-state index in [0.29, 0.717) is 0 Å². The maximum absolute atomic E-state index is 5.29. The first-order chi connectivity index (χ1) is 13.3. The van der Waals surface area contributed by atoms with Crippen LogP contribution in [0.5, 0.6) is 5.75 Å². The molecule has 4 aromatic rings. The van der Waals surface area contributed by atoms with E-state index in [1.807, 2.05) is 33.7 Å². The molecule has 0 aliphatic heterocycles. The first kappa shape index (κ1) is 18.4. The van der Waals surface area contributed by atoms with Crippen LogP contribution in [-0.4, -0.2) is 36.9 Å². The Balaban J connectivity index is 1.55. The van der Waals surface area contributed by atoms with Crippen LogP contribution in [0.25, 0.3) is 21.9 Å². The lowest BCUT2D eigenvalue weighted by molar-refractivity contribution is 0.200. The summed E-state index contributed by atoms with van der Waals surface area (Å²) in [6.45, 7) is 8.76. The highest BCUT2D eigenvalue weighted by molar-refractivity contribution is 5.76. The number of nitrogens with zero attached hydrogens (tertiary/aromatic N) is 6. The summed E-state index contributed by atoms with van der Waals surface area (Å²) in [5.74, 6) is 0.790. The summed E-state index contributed by atoms with van der Waals surface area (Å²) in [7, 11) is 1.66. The summed E-state index contributed by atoms with van der Waals surface area (Å²) in [6, 6.07) is 7.77. The smallest absolute Gasteiger partial charge is 0.121 e. The number of benzene rings is 1. The van der Waals surface area contributed by atoms with Gasteiger partial charge in [-0.3, -0.25) is 9.67 Å². The number of hydrogen-bond donors (Lipinski definition) is 0. The van der Waals surface area contributed by atoms with E-state index in [-0.39, 0.29) is 11.1 Å². The Bertz CT molecular complexity index is 1090. The number of aromatic nitrogens is 6. The van der Waals surface area contributed by atoms with Gasteiger partial charge in [-0.1, -0.05) is 0 Å². The average Bonchev–Trinajstić information content (AvgIpc) is 3.30. The fourth-order valence-corrected chi connectivity index (χ4v) is 3.29. The van der Waals surface area contributed by atoms with Gasteiger partial charge in [0.2, 0.25) is 0 Å². The van der Waals surface area contributed by atoms with Gasteiger partial charge in [-0.2, -0.15) is 20.1 Å². The molecule has 3 aromatic heterocycles. The second kappa shape index (κ2) is 6.58. The number of ether oxygens (including phenoxy) is 1. The van der Waals surface area contributed by atoms with Crippen molar-refractivity contribution in [3.8, 4) is 5.75 Å². The number of pyridine rings is 1. The quantitative estimate of drug-likeness (QED) is 0.504. The molecule has 28 heavy (non-hydrogen) atoms. The maximum Gasteiger partial charge on any atom is 0.121 e. The van der Waals surface area contributed by atoms with Crippen molar-refractivity contribution in [3.63, 3.8) is 0 Å². The molecular weight excluding hydrogens is 352 g/mol. The van der Waals surface area contributed by atoms with Crippen molar-refractivity contribution in [1.29, 1.82) is 0 Å². The molecule has 0 amide bonds. The predicted molar refractivity (Wildman–Crippen MR) is 109 cm³/mol. The number of methoxy groups -OCH3 is 1. The van der Waals surface area contributed by atoms with Gasteiger partial charge in [0.25, 0.3) is 0 Å². The Morgan fingerprint density at radius 1 is 0.893 bits per heavy atom. The van der Waals surface area contributed by atoms with E-state index >= 15 is 0 Å². The first-order valence-electron chi connectivity index (χ1n) is 9.50. The van der Waals surface area contributed by atoms with Crippen LogP contribution in [0.2, 0.25) is 0 Å². The van der Waals surface area contributed by atoms with Crippen LogP contribution in [0.3, 0.4) is 0 Å². The molecule has 0 atom stereocenters. The van der Waals surface area contributed by atoms with Gasteiger partial charge in [-0.05, 0) is 58.7 Å². The lowest BCUT2D eigenvalue weighted by Gasteiger charge is -2.31. The van der Waals surface area contributed by atoms with Gasteiger partial charge < -0.3 is 4.74 Å². The third kappa shape index (κ3) is 3.32. The predicted octanol–water partition coefficient (Wildman–Crippen LogP) is 4.14. The topological polar surface area (TPSA) is 70.7 Å². The van der Waals surface area contributed by atoms with E-state index in [4.69, 9.17) is 14.9 Å². The highest BCUT2D eigenvalue weighted by Gasteiger charge is 2.29. The van der Waals surface area contributed by atoms with E-state index in [9.17, 15) is 0 Å². The summed E-state index contributed by atoms with van der Waals surface area (Å²) in [6.07, 6.45) is 7.54. The van der Waals surface area contributed by atoms with Crippen molar-refractivity contribution in [2.75, 3.05) is 7.11 Å². The molecule has 0 saturated carbocycles. The number of fused-ring (bicyclic) bond motifs is 2. The van der Waals surface area contributed by atoms with Crippen molar-refractivity contribution in [2.45, 2.75) is 51.6 Å². The van der Waals surface area contributed by atoms with Gasteiger partial charge in [-0.15, -0.1) is 0 Å². The van der Waals surface area contributed by atoms with Crippen molar-refractivity contribution in [1.82, 2.24) is 29.8 Å². The number of hydrogen-bond acceptors (Lipinski definition) is 5. The summed E-state index contributed by atoms with van der Waals surface area (Å²) in [4.78, 5) is 5.99. The van der Waals surface area contributed by atoms with Crippen LogP contribution in [0.15, 0.2) is 42.9 Å². The lowest BCUT2D eigenvalue weighted by atomic mass is 9.90. The van der Waals surface area contributed by atoms with Crippen LogP contribution in [0.4, 0.5) is 0 Å². The summed E-state index contributed by atoms with van der Waals surface area (Å²) in [5, 5.41) is 15.2. The summed E-state index contributed by atoms with van der Waals surface area (Å²) in [5.41, 5.74) is 2.28. The Labute approximate surface area is 164 Å². The van der Waals surface area contributed by atoms with Gasteiger partial charge >= 0.3 is 0 Å². The van der Waals surface area contributed by atoms with Crippen molar-refractivity contribution in [3.05, 3.63) is 42.9 Å². The van der Waals surface area contributed by atoms with E-state index in [1.165, 1.54) is 0 Å². The molecule has 0 N–H and O–H groups in total. The van der Waals surface area contributed by atoms with Gasteiger partial charge in [0.15, 0.2) is 0 Å². The highest BCUT2D eigenvalue weighted by atomic mass is 16.5. The van der Waals surface area contributed by atoms with Crippen LogP contribution in [0.1, 0.15) is 40.5 Å². The summed E-state index contributed by atoms with van der Waals surface area (Å²) >= 11 is 0. The van der Waals surface area contributed by atoms with E-state index in [0.717, 1.165) is 40.5 Å². The van der Waals surface area contributed by atoms with Gasteiger partial charge in [-0.25, -0.2) is 0 Å². The fourth-order valence-electron chi connectivity index (χ4n) is 3.29. The van der Waals surface area contributed by atoms with Gasteiger partial charge in [0, 0.05) is 23.8 Å². The molecule has 0 aliphatic rings. The standard InChI is InChI=1S/C21H26N6O/c1-20(2,26-14-15-8-11-22-13-19(15)23-26)9-10-21(3,4)27-24-17-7-6-16(28-5)12-18(17)25-27/h6-8,11-14H,9-10H2,1-5H3. The molecule has 0 unspecified atom stereocenters. The van der Waals surface area contributed by atoms with E-state index in [1.54, 1.807) is 19.5 Å². The minimum Gasteiger partial charge on any atom is -0.497 e. The Morgan fingerprint density at radius 2 is 1.64 bits per heavy atom. The molecule has 3 heterocycles. The number of rotatable bonds is 6. The lowest BCUT2D eigenvalue weighted by Crippen LogP contribution is -2.34. The molecule has 0 radical (unpaired) electrons. The normalized spacial score (nSPS) is 12.8. The second-order valence-corrected chi connectivity index (χ2v) is 8.48. The molecular formula is C21H26N6O. The zero-order valence-electron chi connectivity index (χ0n) is 17.0. The average molecular weight is 378 g/mol. The van der Waals surface area contributed by atoms with Crippen molar-refractivity contribution < 1.29 is 4.74 Å². The summed E-state index contributed by atoms with van der Waals surface area (Å²) < 4.78 is 7.34. The molecule has 0 aliphatic carbocycles. The van der Waals surface area contributed by atoms with E-state index in [2.05, 4.69) is 44.0 Å². The Kier molecular flexibility index (Phi) is 4.33. The van der Waals surface area contributed by atoms with Crippen LogP contribution >= 0.6 is 0 Å². The third-order valence-corrected chi connectivity index (χ3v) is 5.41. The SMILES string of the molecule is COc1ccc2nn(C(C)(C)CCC(C)(C)n3cc4ccncc4n3)nc2c1. The Morgan fingerprint density at radius 3 is 2.39 bits per heavy atom. The van der Waals surface area contributed by atoms with Gasteiger partial charge in [0.05, 0.1) is 24.4 Å². The third-order valence-electron chi connectivity index (χ3n) is 5.41. The second-order valence-electron chi connectivity index (χ2n) is 8.48. The van der Waals surface area contributed by atoms with Crippen molar-refractivity contribution >= 4 is 21.9 Å². The fraction of sp³-hybridized carbons (Fsp3) is 0.429. The minimum absolute atomic E-state index is 0.133. The van der Waals surface area contributed by atoms with E-state index < -0.39 is 0 Å². The molecule has 0 spiro atoms. The van der Waals surface area contributed by atoms with Crippen molar-refractivity contribution in [2.24, 2.45) is 0 Å². The van der Waals surface area contributed by atoms with Crippen LogP contribution in [-0.2, 0) is 11.1 Å². The molecule has 1 aromatic carbocycles. The zero-order valence-corrected chi connectivity index (χ0v) is 17.0. The maximum atomic E-state index is 5.29. The van der Waals surface area contributed by atoms with Crippen LogP contribution < -0.4 is 4.74 Å². The zero-order chi connectivity index (χ0) is 19.9. The molecule has 0 saturated heterocycles. The van der Waals surface area contributed by atoms with Crippen LogP contribution in [0, 0.1) is 0 Å². The van der Waals surface area contributed by atoms with Gasteiger partial charge in [0.1, 0.15) is 22.3 Å². The molecule has 0 bridgehead atoms. The highest BCUT2D eigenvalue weighted by Crippen LogP contribution is 2.30.